The molecule has 3 aromatic carbocycles. The van der Waals surface area contributed by atoms with E-state index in [1.165, 1.54) is 46.5 Å². The summed E-state index contributed by atoms with van der Waals surface area (Å²) in [4.78, 5) is 28.5. The molecule has 0 saturated carbocycles. The van der Waals surface area contributed by atoms with E-state index in [1.807, 2.05) is 6.07 Å². The maximum Gasteiger partial charge on any atom is 0.416 e. The summed E-state index contributed by atoms with van der Waals surface area (Å²) < 4.78 is 45.7. The van der Waals surface area contributed by atoms with Gasteiger partial charge >= 0.3 is 6.18 Å². The predicted octanol–water partition coefficient (Wildman–Crippen LogP) is 5.47. The highest BCUT2D eigenvalue weighted by atomic mass is 32.1. The zero-order chi connectivity index (χ0) is 28.4. The van der Waals surface area contributed by atoms with E-state index in [0.29, 0.717) is 27.6 Å². The van der Waals surface area contributed by atoms with Crippen LogP contribution in [0.2, 0.25) is 0 Å². The lowest BCUT2D eigenvalue weighted by atomic mass is 10.1. The number of carbonyl (C=O) groups excluding carboxylic acids is 1. The monoisotopic (exact) mass is 568 g/mol. The number of carbonyl (C=O) groups is 1. The van der Waals surface area contributed by atoms with Crippen molar-refractivity contribution in [2.75, 3.05) is 7.11 Å². The van der Waals surface area contributed by atoms with Crippen LogP contribution in [0.3, 0.4) is 0 Å². The van der Waals surface area contributed by atoms with Crippen LogP contribution in [0.4, 0.5) is 18.9 Å². The fraction of sp³-hybridized carbons (Fsp3) is 0.154. The van der Waals surface area contributed by atoms with E-state index in [-0.39, 0.29) is 24.3 Å². The summed E-state index contributed by atoms with van der Waals surface area (Å²) in [5.74, 6) is -0.00935. The molecule has 5 rings (SSSR count). The number of ether oxygens (including phenoxy) is 1. The number of rotatable bonds is 8. The van der Waals surface area contributed by atoms with Crippen LogP contribution in [0.15, 0.2) is 66.9 Å². The standard InChI is InChI=1S/C26H19F3N6O4S/c1-39-19-7-9-21-23(11-19)40-25(31-21)16-4-8-20(22(10-16)35(37)38)24(36)30-12-18-14-34(33-32-18)13-15-2-5-17(6-3-15)26(27,28)29/h2-11,14H,12-13H2,1H3,(H,30,36). The molecule has 2 aromatic heterocycles. The van der Waals surface area contributed by atoms with E-state index < -0.39 is 22.6 Å². The van der Waals surface area contributed by atoms with Crippen LogP contribution in [-0.4, -0.2) is 37.9 Å². The molecule has 204 valence electrons. The van der Waals surface area contributed by atoms with Crippen LogP contribution in [0.5, 0.6) is 5.75 Å². The summed E-state index contributed by atoms with van der Waals surface area (Å²) in [6.45, 7) is 0.106. The lowest BCUT2D eigenvalue weighted by Gasteiger charge is -2.07. The Balaban J connectivity index is 1.27. The smallest absolute Gasteiger partial charge is 0.416 e. The number of nitro benzene ring substituents is 1. The second kappa shape index (κ2) is 10.7. The van der Waals surface area contributed by atoms with Gasteiger partial charge < -0.3 is 10.1 Å². The molecule has 0 aliphatic carbocycles. The SMILES string of the molecule is COc1ccc2nc(-c3ccc(C(=O)NCc4cn(Cc5ccc(C(F)(F)F)cc5)nn4)c([N+](=O)[O-])c3)sc2c1. The minimum Gasteiger partial charge on any atom is -0.497 e. The molecular formula is C26H19F3N6O4S. The molecule has 0 radical (unpaired) electrons. The Morgan fingerprint density at radius 1 is 1.12 bits per heavy atom. The van der Waals surface area contributed by atoms with E-state index in [2.05, 4.69) is 20.6 Å². The number of alkyl halides is 3. The van der Waals surface area contributed by atoms with Gasteiger partial charge in [-0.25, -0.2) is 9.67 Å². The van der Waals surface area contributed by atoms with Crippen molar-refractivity contribution >= 4 is 33.1 Å². The molecule has 0 fully saturated rings. The summed E-state index contributed by atoms with van der Waals surface area (Å²) in [7, 11) is 1.56. The van der Waals surface area contributed by atoms with Gasteiger partial charge in [-0.15, -0.1) is 16.4 Å². The van der Waals surface area contributed by atoms with Gasteiger partial charge in [-0.3, -0.25) is 14.9 Å². The summed E-state index contributed by atoms with van der Waals surface area (Å²) >= 11 is 1.34. The quantitative estimate of drug-likeness (QED) is 0.194. The molecule has 1 amide bonds. The molecule has 0 spiro atoms. The van der Waals surface area contributed by atoms with Crippen molar-refractivity contribution in [2.24, 2.45) is 0 Å². The van der Waals surface area contributed by atoms with Gasteiger partial charge in [0.1, 0.15) is 22.0 Å². The molecule has 0 atom stereocenters. The summed E-state index contributed by atoms with van der Waals surface area (Å²) in [5, 5.41) is 22.8. The lowest BCUT2D eigenvalue weighted by molar-refractivity contribution is -0.385. The molecule has 14 heteroatoms. The van der Waals surface area contributed by atoms with E-state index in [0.717, 1.165) is 22.3 Å². The first kappa shape index (κ1) is 26.7. The largest absolute Gasteiger partial charge is 0.497 e. The summed E-state index contributed by atoms with van der Waals surface area (Å²) in [6.07, 6.45) is -2.89. The number of nitro groups is 1. The lowest BCUT2D eigenvalue weighted by Crippen LogP contribution is -2.24. The first-order valence-corrected chi connectivity index (χ1v) is 12.5. The summed E-state index contributed by atoms with van der Waals surface area (Å²) in [5.41, 5.74) is 0.903. The molecule has 10 nitrogen and oxygen atoms in total. The van der Waals surface area contributed by atoms with Crippen LogP contribution in [0, 0.1) is 10.1 Å². The van der Waals surface area contributed by atoms with Crippen molar-refractivity contribution in [3.05, 3.63) is 99.4 Å². The fourth-order valence-corrected chi connectivity index (χ4v) is 4.90. The first-order valence-electron chi connectivity index (χ1n) is 11.7. The number of nitrogens with one attached hydrogen (secondary N) is 1. The average Bonchev–Trinajstić information content (AvgIpc) is 3.57. The minimum atomic E-state index is -4.42. The zero-order valence-corrected chi connectivity index (χ0v) is 21.5. The number of thiazole rings is 1. The second-order valence-corrected chi connectivity index (χ2v) is 9.66. The fourth-order valence-electron chi connectivity index (χ4n) is 3.91. The highest BCUT2D eigenvalue weighted by Gasteiger charge is 2.30. The topological polar surface area (TPSA) is 125 Å². The third kappa shape index (κ3) is 5.76. The molecule has 1 N–H and O–H groups in total. The third-order valence-electron chi connectivity index (χ3n) is 5.92. The van der Waals surface area contributed by atoms with E-state index in [1.54, 1.807) is 25.3 Å². The molecule has 0 saturated heterocycles. The van der Waals surface area contributed by atoms with Crippen molar-refractivity contribution in [3.63, 3.8) is 0 Å². The predicted molar refractivity (Wildman–Crippen MR) is 140 cm³/mol. The Kier molecular flexibility index (Phi) is 7.17. The van der Waals surface area contributed by atoms with Crippen LogP contribution in [-0.2, 0) is 19.3 Å². The average molecular weight is 569 g/mol. The van der Waals surface area contributed by atoms with Crippen LogP contribution >= 0.6 is 11.3 Å². The Hall–Kier alpha value is -4.85. The number of hydrogen-bond acceptors (Lipinski definition) is 8. The maximum absolute atomic E-state index is 12.8. The molecule has 2 heterocycles. The Labute approximate surface area is 228 Å². The van der Waals surface area contributed by atoms with Gasteiger partial charge in [-0.1, -0.05) is 23.4 Å². The number of methoxy groups -OCH3 is 1. The first-order chi connectivity index (χ1) is 19.1. The Bertz CT molecular complexity index is 1720. The number of hydrogen-bond donors (Lipinski definition) is 1. The highest BCUT2D eigenvalue weighted by Crippen LogP contribution is 2.35. The Morgan fingerprint density at radius 3 is 2.60 bits per heavy atom. The van der Waals surface area contributed by atoms with Gasteiger partial charge in [0.15, 0.2) is 0 Å². The van der Waals surface area contributed by atoms with Crippen molar-refractivity contribution in [1.82, 2.24) is 25.3 Å². The maximum atomic E-state index is 12.8. The van der Waals surface area contributed by atoms with E-state index in [9.17, 15) is 28.1 Å². The number of amides is 1. The number of benzene rings is 3. The van der Waals surface area contributed by atoms with Crippen molar-refractivity contribution in [1.29, 1.82) is 0 Å². The van der Waals surface area contributed by atoms with Crippen molar-refractivity contribution in [2.45, 2.75) is 19.3 Å². The molecule has 0 unspecified atom stereocenters. The van der Waals surface area contributed by atoms with Crippen LogP contribution in [0.25, 0.3) is 20.8 Å². The van der Waals surface area contributed by atoms with Gasteiger partial charge in [0.05, 0.1) is 47.1 Å². The molecule has 40 heavy (non-hydrogen) atoms. The minimum absolute atomic E-state index is 0.0650. The Morgan fingerprint density at radius 2 is 1.90 bits per heavy atom. The summed E-state index contributed by atoms with van der Waals surface area (Å²) in [6, 6.07) is 14.3. The number of nitrogens with zero attached hydrogens (tertiary/aromatic N) is 5. The van der Waals surface area contributed by atoms with Gasteiger partial charge in [0, 0.05) is 11.6 Å². The zero-order valence-electron chi connectivity index (χ0n) is 20.7. The number of halogens is 3. The van der Waals surface area contributed by atoms with Gasteiger partial charge in [-0.2, -0.15) is 13.2 Å². The molecule has 5 aromatic rings. The molecule has 0 aliphatic rings. The normalized spacial score (nSPS) is 11.5. The molecule has 0 bridgehead atoms. The van der Waals surface area contributed by atoms with Gasteiger partial charge in [0.2, 0.25) is 0 Å². The molecule has 0 aliphatic heterocycles. The van der Waals surface area contributed by atoms with Gasteiger partial charge in [-0.05, 0) is 42.0 Å². The van der Waals surface area contributed by atoms with Crippen LogP contribution in [0.1, 0.15) is 27.2 Å². The second-order valence-electron chi connectivity index (χ2n) is 8.63. The van der Waals surface area contributed by atoms with Crippen molar-refractivity contribution in [3.8, 4) is 16.3 Å². The van der Waals surface area contributed by atoms with Crippen LogP contribution < -0.4 is 10.1 Å². The van der Waals surface area contributed by atoms with E-state index >= 15 is 0 Å². The molecular weight excluding hydrogens is 549 g/mol. The van der Waals surface area contributed by atoms with Gasteiger partial charge in [0.25, 0.3) is 11.6 Å². The number of fused-ring (bicyclic) bond motifs is 1. The van der Waals surface area contributed by atoms with E-state index in [4.69, 9.17) is 4.74 Å². The third-order valence-corrected chi connectivity index (χ3v) is 6.99. The number of aromatic nitrogens is 4. The highest BCUT2D eigenvalue weighted by molar-refractivity contribution is 7.21. The van der Waals surface area contributed by atoms with Crippen molar-refractivity contribution < 1.29 is 27.6 Å².